The van der Waals surface area contributed by atoms with E-state index in [9.17, 15) is 4.79 Å². The first-order chi connectivity index (χ1) is 9.35. The van der Waals surface area contributed by atoms with Crippen LogP contribution in [0.25, 0.3) is 0 Å². The fourth-order valence-electron chi connectivity index (χ4n) is 2.31. The molecule has 110 valence electrons. The second-order valence-electron chi connectivity index (χ2n) is 6.23. The molecule has 0 bridgehead atoms. The molecule has 0 saturated heterocycles. The van der Waals surface area contributed by atoms with Crippen LogP contribution in [0.4, 0.5) is 0 Å². The Hall–Kier alpha value is -1.65. The molecule has 0 unspecified atom stereocenters. The van der Waals surface area contributed by atoms with Gasteiger partial charge in [0, 0.05) is 12.4 Å². The van der Waals surface area contributed by atoms with E-state index in [1.165, 1.54) is 0 Å². The Kier molecular flexibility index (Phi) is 4.26. The maximum atomic E-state index is 12.0. The lowest BCUT2D eigenvalue weighted by Gasteiger charge is -2.22. The second kappa shape index (κ2) is 5.77. The van der Waals surface area contributed by atoms with Crippen molar-refractivity contribution in [3.63, 3.8) is 0 Å². The van der Waals surface area contributed by atoms with Crippen molar-refractivity contribution in [1.82, 2.24) is 9.97 Å². The van der Waals surface area contributed by atoms with Gasteiger partial charge >= 0.3 is 5.97 Å². The minimum absolute atomic E-state index is 0.0166. The molecule has 1 heterocycles. The van der Waals surface area contributed by atoms with Gasteiger partial charge in [-0.1, -0.05) is 0 Å². The van der Waals surface area contributed by atoms with Crippen molar-refractivity contribution in [3.8, 4) is 5.88 Å². The molecular formula is C15H22N2O3. The van der Waals surface area contributed by atoms with Crippen LogP contribution < -0.4 is 4.74 Å². The fraction of sp³-hybridized carbons (Fsp3) is 0.667. The molecule has 5 nitrogen and oxygen atoms in total. The summed E-state index contributed by atoms with van der Waals surface area (Å²) in [5.41, 5.74) is 0.338. The Morgan fingerprint density at radius 1 is 1.25 bits per heavy atom. The van der Waals surface area contributed by atoms with E-state index in [4.69, 9.17) is 9.47 Å². The highest BCUT2D eigenvalue weighted by Crippen LogP contribution is 2.31. The van der Waals surface area contributed by atoms with E-state index in [1.807, 2.05) is 27.7 Å². The molecule has 0 N–H and O–H groups in total. The first-order valence-electron chi connectivity index (χ1n) is 7.02. The molecular weight excluding hydrogens is 256 g/mol. The lowest BCUT2D eigenvalue weighted by Crippen LogP contribution is -2.28. The highest BCUT2D eigenvalue weighted by Gasteiger charge is 2.34. The topological polar surface area (TPSA) is 61.3 Å². The molecule has 1 aliphatic rings. The van der Waals surface area contributed by atoms with Crippen LogP contribution in [-0.2, 0) is 9.53 Å². The van der Waals surface area contributed by atoms with Gasteiger partial charge in [0.15, 0.2) is 0 Å². The first-order valence-corrected chi connectivity index (χ1v) is 7.02. The van der Waals surface area contributed by atoms with Crippen molar-refractivity contribution < 1.29 is 14.3 Å². The van der Waals surface area contributed by atoms with Crippen LogP contribution in [0.3, 0.4) is 0 Å². The van der Waals surface area contributed by atoms with Crippen molar-refractivity contribution in [3.05, 3.63) is 18.1 Å². The number of aryl methyl sites for hydroxylation is 1. The van der Waals surface area contributed by atoms with Crippen LogP contribution >= 0.6 is 0 Å². The standard InChI is InChI=1S/C15H22N2O3/c1-10-13(17-8-7-16-10)19-12-6-5-11(9-12)14(18)20-15(2,3)4/h7-8,11-12H,5-6,9H2,1-4H3/t11-,12-/m0/s1. The Morgan fingerprint density at radius 2 is 1.95 bits per heavy atom. The van der Waals surface area contributed by atoms with E-state index in [0.29, 0.717) is 12.3 Å². The van der Waals surface area contributed by atoms with Crippen molar-refractivity contribution in [2.24, 2.45) is 5.92 Å². The van der Waals surface area contributed by atoms with E-state index in [2.05, 4.69) is 9.97 Å². The number of esters is 1. The van der Waals surface area contributed by atoms with Gasteiger partial charge < -0.3 is 9.47 Å². The van der Waals surface area contributed by atoms with Crippen molar-refractivity contribution in [2.45, 2.75) is 58.7 Å². The molecule has 1 aliphatic carbocycles. The summed E-state index contributed by atoms with van der Waals surface area (Å²) in [4.78, 5) is 20.3. The maximum Gasteiger partial charge on any atom is 0.309 e. The fourth-order valence-corrected chi connectivity index (χ4v) is 2.31. The monoisotopic (exact) mass is 278 g/mol. The predicted molar refractivity (Wildman–Crippen MR) is 74.4 cm³/mol. The summed E-state index contributed by atoms with van der Waals surface area (Å²) in [6, 6.07) is 0. The van der Waals surface area contributed by atoms with E-state index in [-0.39, 0.29) is 18.0 Å². The van der Waals surface area contributed by atoms with E-state index < -0.39 is 5.60 Å². The third-order valence-corrected chi connectivity index (χ3v) is 3.24. The van der Waals surface area contributed by atoms with Crippen LogP contribution in [0.5, 0.6) is 5.88 Å². The van der Waals surface area contributed by atoms with Gasteiger partial charge in [0.1, 0.15) is 11.7 Å². The summed E-state index contributed by atoms with van der Waals surface area (Å²) in [5, 5.41) is 0. The van der Waals surface area contributed by atoms with Gasteiger partial charge in [-0.3, -0.25) is 9.78 Å². The highest BCUT2D eigenvalue weighted by molar-refractivity contribution is 5.73. The predicted octanol–water partition coefficient (Wildman–Crippen LogP) is 2.67. The van der Waals surface area contributed by atoms with E-state index >= 15 is 0 Å². The molecule has 0 radical (unpaired) electrons. The van der Waals surface area contributed by atoms with Gasteiger partial charge in [0.25, 0.3) is 0 Å². The van der Waals surface area contributed by atoms with Crippen LogP contribution in [0.2, 0.25) is 0 Å². The minimum Gasteiger partial charge on any atom is -0.473 e. The number of hydrogen-bond donors (Lipinski definition) is 0. The average Bonchev–Trinajstić information content (AvgIpc) is 2.79. The molecule has 5 heteroatoms. The summed E-state index contributed by atoms with van der Waals surface area (Å²) < 4.78 is 11.3. The molecule has 0 aliphatic heterocycles. The first kappa shape index (κ1) is 14.8. The van der Waals surface area contributed by atoms with Gasteiger partial charge in [-0.25, -0.2) is 4.98 Å². The Morgan fingerprint density at radius 3 is 2.60 bits per heavy atom. The van der Waals surface area contributed by atoms with Gasteiger partial charge in [0.2, 0.25) is 5.88 Å². The third-order valence-electron chi connectivity index (χ3n) is 3.24. The molecule has 0 aromatic carbocycles. The largest absolute Gasteiger partial charge is 0.473 e. The van der Waals surface area contributed by atoms with Crippen LogP contribution in [0.1, 0.15) is 45.7 Å². The average molecular weight is 278 g/mol. The normalized spacial score (nSPS) is 22.6. The van der Waals surface area contributed by atoms with Crippen LogP contribution in [0.15, 0.2) is 12.4 Å². The molecule has 1 aromatic heterocycles. The van der Waals surface area contributed by atoms with Gasteiger partial charge in [-0.05, 0) is 47.0 Å². The van der Waals surface area contributed by atoms with Gasteiger partial charge in [0.05, 0.1) is 11.6 Å². The summed E-state index contributed by atoms with van der Waals surface area (Å²) in [7, 11) is 0. The molecule has 0 spiro atoms. The summed E-state index contributed by atoms with van der Waals surface area (Å²) in [6.45, 7) is 7.52. The summed E-state index contributed by atoms with van der Waals surface area (Å²) in [5.74, 6) is 0.359. The lowest BCUT2D eigenvalue weighted by atomic mass is 10.1. The third kappa shape index (κ3) is 3.92. The zero-order valence-corrected chi connectivity index (χ0v) is 12.5. The van der Waals surface area contributed by atoms with Crippen molar-refractivity contribution in [1.29, 1.82) is 0 Å². The smallest absolute Gasteiger partial charge is 0.309 e. The molecule has 1 saturated carbocycles. The number of aromatic nitrogens is 2. The second-order valence-corrected chi connectivity index (χ2v) is 6.23. The molecule has 2 rings (SSSR count). The number of ether oxygens (including phenoxy) is 2. The molecule has 1 fully saturated rings. The Labute approximate surface area is 119 Å². The molecule has 0 amide bonds. The zero-order chi connectivity index (χ0) is 14.8. The number of hydrogen-bond acceptors (Lipinski definition) is 5. The van der Waals surface area contributed by atoms with E-state index in [1.54, 1.807) is 12.4 Å². The maximum absolute atomic E-state index is 12.0. The SMILES string of the molecule is Cc1nccnc1O[C@H]1CC[C@H](C(=O)OC(C)(C)C)C1. The minimum atomic E-state index is -0.433. The van der Waals surface area contributed by atoms with Gasteiger partial charge in [-0.2, -0.15) is 0 Å². The van der Waals surface area contributed by atoms with Gasteiger partial charge in [-0.15, -0.1) is 0 Å². The number of carbonyl (C=O) groups excluding carboxylic acids is 1. The molecule has 1 aromatic rings. The quantitative estimate of drug-likeness (QED) is 0.795. The Bertz CT molecular complexity index is 482. The van der Waals surface area contributed by atoms with Crippen molar-refractivity contribution in [2.75, 3.05) is 0 Å². The highest BCUT2D eigenvalue weighted by atomic mass is 16.6. The van der Waals surface area contributed by atoms with E-state index in [0.717, 1.165) is 18.5 Å². The van der Waals surface area contributed by atoms with Crippen LogP contribution in [0, 0.1) is 12.8 Å². The van der Waals surface area contributed by atoms with Crippen LogP contribution in [-0.4, -0.2) is 27.6 Å². The number of nitrogens with zero attached hydrogens (tertiary/aromatic N) is 2. The number of carbonyl (C=O) groups is 1. The summed E-state index contributed by atoms with van der Waals surface area (Å²) in [6.07, 6.45) is 5.61. The Balaban J connectivity index is 1.90. The molecule has 20 heavy (non-hydrogen) atoms. The number of rotatable bonds is 3. The lowest BCUT2D eigenvalue weighted by molar-refractivity contribution is -0.159. The van der Waals surface area contributed by atoms with Crippen molar-refractivity contribution >= 4 is 5.97 Å². The summed E-state index contributed by atoms with van der Waals surface area (Å²) >= 11 is 0. The molecule has 2 atom stereocenters. The zero-order valence-electron chi connectivity index (χ0n) is 12.5.